The molecule has 0 bridgehead atoms. The second-order valence-corrected chi connectivity index (χ2v) is 10.1. The molecular weight excluding hydrogens is 498 g/mol. The van der Waals surface area contributed by atoms with Crippen molar-refractivity contribution in [3.05, 3.63) is 76.8 Å². The minimum atomic E-state index is 0.431. The van der Waals surface area contributed by atoms with Crippen LogP contribution in [0.3, 0.4) is 0 Å². The zero-order valence-corrected chi connectivity index (χ0v) is 21.9. The Morgan fingerprint density at radius 1 is 0.842 bits per heavy atom. The highest BCUT2D eigenvalue weighted by atomic mass is 35.5. The Kier molecular flexibility index (Phi) is 7.22. The molecule has 2 saturated heterocycles. The van der Waals surface area contributed by atoms with Crippen LogP contribution in [-0.2, 0) is 6.61 Å². The highest BCUT2D eigenvalue weighted by Crippen LogP contribution is 2.26. The first-order chi connectivity index (χ1) is 18.7. The number of ether oxygens (including phenoxy) is 1. The molecule has 2 aliphatic rings. The fraction of sp³-hybridized carbons (Fsp3) is 0.310. The lowest BCUT2D eigenvalue weighted by molar-refractivity contribution is 0.307. The van der Waals surface area contributed by atoms with Crippen LogP contribution in [0.25, 0.3) is 10.8 Å². The van der Waals surface area contributed by atoms with E-state index in [1.54, 1.807) is 6.21 Å². The number of fused-ring (bicyclic) bond motifs is 1. The molecule has 0 spiro atoms. The monoisotopic (exact) mass is 527 g/mol. The molecule has 0 saturated carbocycles. The Hall–Kier alpha value is -3.91. The van der Waals surface area contributed by atoms with Gasteiger partial charge in [-0.05, 0) is 60.2 Å². The zero-order valence-electron chi connectivity index (χ0n) is 21.2. The fourth-order valence-electron chi connectivity index (χ4n) is 5.01. The van der Waals surface area contributed by atoms with Crippen molar-refractivity contribution in [3.63, 3.8) is 0 Å². The lowest BCUT2D eigenvalue weighted by Crippen LogP contribution is -2.25. The predicted octanol–water partition coefficient (Wildman–Crippen LogP) is 5.90. The summed E-state index contributed by atoms with van der Waals surface area (Å²) in [7, 11) is 0. The molecule has 9 heteroatoms. The topological polar surface area (TPSA) is 78.8 Å². The largest absolute Gasteiger partial charge is 0.488 e. The van der Waals surface area contributed by atoms with E-state index in [0.29, 0.717) is 35.2 Å². The van der Waals surface area contributed by atoms with Crippen molar-refractivity contribution in [2.75, 3.05) is 41.4 Å². The third-order valence-corrected chi connectivity index (χ3v) is 7.23. The van der Waals surface area contributed by atoms with Gasteiger partial charge in [-0.25, -0.2) is 5.43 Å². The number of nitrogens with one attached hydrogen (secondary N) is 1. The normalized spacial score (nSPS) is 15.6. The Bertz CT molecular complexity index is 1410. The first-order valence-electron chi connectivity index (χ1n) is 13.2. The van der Waals surface area contributed by atoms with Gasteiger partial charge in [-0.15, -0.1) is 0 Å². The Morgan fingerprint density at radius 2 is 1.53 bits per heavy atom. The molecule has 0 atom stereocenters. The Morgan fingerprint density at radius 3 is 2.26 bits per heavy atom. The second kappa shape index (κ2) is 11.2. The van der Waals surface area contributed by atoms with E-state index in [1.165, 1.54) is 10.8 Å². The number of halogens is 1. The number of rotatable bonds is 8. The highest BCUT2D eigenvalue weighted by molar-refractivity contribution is 6.30. The van der Waals surface area contributed by atoms with Gasteiger partial charge < -0.3 is 14.5 Å². The molecule has 38 heavy (non-hydrogen) atoms. The lowest BCUT2D eigenvalue weighted by atomic mass is 10.1. The van der Waals surface area contributed by atoms with Crippen molar-refractivity contribution in [1.82, 2.24) is 15.0 Å². The van der Waals surface area contributed by atoms with Crippen LogP contribution in [0.5, 0.6) is 5.75 Å². The maximum absolute atomic E-state index is 6.31. The summed E-state index contributed by atoms with van der Waals surface area (Å²) < 4.78 is 6.23. The molecule has 3 aromatic carbocycles. The first kappa shape index (κ1) is 24.4. The van der Waals surface area contributed by atoms with Gasteiger partial charge in [0.05, 0.1) is 6.21 Å². The van der Waals surface area contributed by atoms with Crippen LogP contribution in [-0.4, -0.2) is 47.3 Å². The quantitative estimate of drug-likeness (QED) is 0.225. The van der Waals surface area contributed by atoms with Gasteiger partial charge in [0.25, 0.3) is 0 Å². The number of hydrogen-bond acceptors (Lipinski definition) is 8. The summed E-state index contributed by atoms with van der Waals surface area (Å²) in [5.41, 5.74) is 4.90. The number of benzene rings is 3. The summed E-state index contributed by atoms with van der Waals surface area (Å²) in [6.07, 6.45) is 6.31. The van der Waals surface area contributed by atoms with E-state index >= 15 is 0 Å². The number of aromatic nitrogens is 3. The molecule has 2 aliphatic heterocycles. The van der Waals surface area contributed by atoms with Gasteiger partial charge in [0.1, 0.15) is 12.4 Å². The molecule has 2 fully saturated rings. The van der Waals surface area contributed by atoms with Gasteiger partial charge in [0, 0.05) is 36.8 Å². The average Bonchev–Trinajstić information content (AvgIpc) is 3.68. The van der Waals surface area contributed by atoms with Gasteiger partial charge in [0.15, 0.2) is 0 Å². The van der Waals surface area contributed by atoms with Crippen molar-refractivity contribution < 1.29 is 4.74 Å². The van der Waals surface area contributed by atoms with Crippen molar-refractivity contribution in [1.29, 1.82) is 0 Å². The van der Waals surface area contributed by atoms with Crippen LogP contribution in [0.15, 0.2) is 65.8 Å². The van der Waals surface area contributed by atoms with Crippen LogP contribution in [0.2, 0.25) is 5.02 Å². The van der Waals surface area contributed by atoms with E-state index in [1.807, 2.05) is 30.3 Å². The van der Waals surface area contributed by atoms with E-state index in [2.05, 4.69) is 60.6 Å². The van der Waals surface area contributed by atoms with Crippen LogP contribution in [0.1, 0.15) is 36.8 Å². The Labute approximate surface area is 227 Å². The smallest absolute Gasteiger partial charge is 0.250 e. The molecule has 194 valence electrons. The van der Waals surface area contributed by atoms with E-state index in [0.717, 1.165) is 63.0 Å². The third kappa shape index (κ3) is 5.50. The van der Waals surface area contributed by atoms with Gasteiger partial charge in [-0.3, -0.25) is 0 Å². The van der Waals surface area contributed by atoms with E-state index in [9.17, 15) is 0 Å². The predicted molar refractivity (Wildman–Crippen MR) is 154 cm³/mol. The maximum atomic E-state index is 6.31. The van der Waals surface area contributed by atoms with Crippen molar-refractivity contribution in [3.8, 4) is 5.75 Å². The number of nitrogens with zero attached hydrogens (tertiary/aromatic N) is 6. The minimum Gasteiger partial charge on any atom is -0.488 e. The summed E-state index contributed by atoms with van der Waals surface area (Å²) in [5, 5.41) is 7.43. The summed E-state index contributed by atoms with van der Waals surface area (Å²) in [4.78, 5) is 18.5. The Balaban J connectivity index is 1.21. The fourth-order valence-corrected chi connectivity index (χ4v) is 5.19. The zero-order chi connectivity index (χ0) is 25.7. The van der Waals surface area contributed by atoms with Crippen LogP contribution in [0.4, 0.5) is 17.8 Å². The lowest BCUT2D eigenvalue weighted by Gasteiger charge is -2.20. The number of anilines is 3. The summed E-state index contributed by atoms with van der Waals surface area (Å²) in [5.74, 6) is 2.54. The molecule has 0 radical (unpaired) electrons. The molecule has 8 nitrogen and oxygen atoms in total. The van der Waals surface area contributed by atoms with Gasteiger partial charge >= 0.3 is 0 Å². The molecule has 0 amide bonds. The highest BCUT2D eigenvalue weighted by Gasteiger charge is 2.21. The van der Waals surface area contributed by atoms with Gasteiger partial charge in [0.2, 0.25) is 17.8 Å². The maximum Gasteiger partial charge on any atom is 0.250 e. The molecule has 0 unspecified atom stereocenters. The van der Waals surface area contributed by atoms with E-state index < -0.39 is 0 Å². The van der Waals surface area contributed by atoms with E-state index in [4.69, 9.17) is 21.3 Å². The third-order valence-electron chi connectivity index (χ3n) is 6.99. The van der Waals surface area contributed by atoms with Gasteiger partial charge in [-0.2, -0.15) is 20.1 Å². The van der Waals surface area contributed by atoms with Crippen molar-refractivity contribution in [2.24, 2.45) is 5.10 Å². The molecule has 1 N–H and O–H groups in total. The molecule has 3 heterocycles. The first-order valence-corrected chi connectivity index (χ1v) is 13.5. The van der Waals surface area contributed by atoms with Crippen LogP contribution >= 0.6 is 11.6 Å². The summed E-state index contributed by atoms with van der Waals surface area (Å²) in [6.45, 7) is 4.29. The number of hydrazone groups is 1. The molecule has 4 aromatic rings. The second-order valence-electron chi connectivity index (χ2n) is 9.63. The van der Waals surface area contributed by atoms with Crippen molar-refractivity contribution >= 4 is 46.4 Å². The molecule has 6 rings (SSSR count). The summed E-state index contributed by atoms with van der Waals surface area (Å²) in [6, 6.07) is 20.1. The molecular formula is C29H30ClN7O. The van der Waals surface area contributed by atoms with Gasteiger partial charge in [-0.1, -0.05) is 54.1 Å². The molecule has 0 aliphatic carbocycles. The van der Waals surface area contributed by atoms with E-state index in [-0.39, 0.29) is 0 Å². The molecule has 1 aromatic heterocycles. The number of hydrogen-bond donors (Lipinski definition) is 1. The van der Waals surface area contributed by atoms with Crippen LogP contribution in [0, 0.1) is 0 Å². The summed E-state index contributed by atoms with van der Waals surface area (Å²) >= 11 is 6.31. The average molecular weight is 528 g/mol. The SMILES string of the molecule is Clc1ccc(OCc2cccc3ccccc23)c(/C=N/Nc2nc(N3CCCC3)nc(N3CCCC3)n2)c1. The van der Waals surface area contributed by atoms with Crippen molar-refractivity contribution in [2.45, 2.75) is 32.3 Å². The standard InChI is InChI=1S/C29H30ClN7O/c30-24-12-13-26(38-20-22-10-7-9-21-8-1-2-11-25(21)22)23(18-24)19-31-35-27-32-28(36-14-3-4-15-36)34-29(33-27)37-16-5-6-17-37/h1-2,7-13,18-19H,3-6,14-17,20H2,(H,32,33,34,35)/b31-19+. The van der Waals surface area contributed by atoms with Crippen LogP contribution < -0.4 is 20.0 Å². The minimum absolute atomic E-state index is 0.431.